The van der Waals surface area contributed by atoms with Crippen LogP contribution in [0, 0.1) is 0 Å². The van der Waals surface area contributed by atoms with E-state index in [2.05, 4.69) is 6.58 Å². The molecule has 3 nitrogen and oxygen atoms in total. The number of carbonyl (C=O) groups is 2. The van der Waals surface area contributed by atoms with Gasteiger partial charge in [-0.25, -0.2) is 0 Å². The molecule has 0 spiro atoms. The van der Waals surface area contributed by atoms with E-state index in [1.54, 1.807) is 4.90 Å². The second-order valence-electron chi connectivity index (χ2n) is 4.32. The molecule has 0 aromatic carbocycles. The smallest absolute Gasteiger partial charge is 0.223 e. The van der Waals surface area contributed by atoms with Gasteiger partial charge in [0.05, 0.1) is 6.04 Å². The molecule has 3 heteroatoms. The Kier molecular flexibility index (Phi) is 5.83. The van der Waals surface area contributed by atoms with E-state index in [4.69, 9.17) is 0 Å². The van der Waals surface area contributed by atoms with Gasteiger partial charge in [-0.05, 0) is 32.1 Å². The molecule has 0 aromatic rings. The van der Waals surface area contributed by atoms with Gasteiger partial charge < -0.3 is 9.69 Å². The molecule has 0 aromatic heterocycles. The highest BCUT2D eigenvalue weighted by Gasteiger charge is 2.27. The summed E-state index contributed by atoms with van der Waals surface area (Å²) >= 11 is 0. The number of hydrogen-bond acceptors (Lipinski definition) is 2. The summed E-state index contributed by atoms with van der Waals surface area (Å²) in [7, 11) is 0. The third-order valence-electron chi connectivity index (χ3n) is 3.08. The van der Waals surface area contributed by atoms with Crippen molar-refractivity contribution in [3.8, 4) is 0 Å². The lowest BCUT2D eigenvalue weighted by molar-refractivity contribution is -0.134. The Bertz CT molecular complexity index is 250. The summed E-state index contributed by atoms with van der Waals surface area (Å²) < 4.78 is 0. The molecule has 16 heavy (non-hydrogen) atoms. The van der Waals surface area contributed by atoms with Gasteiger partial charge in [-0.3, -0.25) is 4.79 Å². The van der Waals surface area contributed by atoms with Crippen molar-refractivity contribution >= 4 is 12.2 Å². The van der Waals surface area contributed by atoms with Crippen molar-refractivity contribution in [3.05, 3.63) is 12.7 Å². The van der Waals surface area contributed by atoms with Gasteiger partial charge in [-0.1, -0.05) is 12.5 Å². The quantitative estimate of drug-likeness (QED) is 0.377. The zero-order valence-corrected chi connectivity index (χ0v) is 9.86. The zero-order chi connectivity index (χ0) is 11.8. The molecular formula is C13H21NO2. The molecule has 0 saturated carbocycles. The van der Waals surface area contributed by atoms with E-state index in [9.17, 15) is 9.59 Å². The zero-order valence-electron chi connectivity index (χ0n) is 9.86. The summed E-state index contributed by atoms with van der Waals surface area (Å²) in [6.45, 7) is 4.42. The van der Waals surface area contributed by atoms with Gasteiger partial charge in [0.25, 0.3) is 0 Å². The van der Waals surface area contributed by atoms with Crippen LogP contribution in [-0.4, -0.2) is 29.7 Å². The molecule has 1 heterocycles. The first-order valence-corrected chi connectivity index (χ1v) is 6.15. The van der Waals surface area contributed by atoms with Crippen LogP contribution in [0.2, 0.25) is 0 Å². The number of allylic oxidation sites excluding steroid dienone is 1. The summed E-state index contributed by atoms with van der Waals surface area (Å²) in [5.41, 5.74) is 0. The minimum atomic E-state index is -0.152. The maximum Gasteiger partial charge on any atom is 0.223 e. The van der Waals surface area contributed by atoms with Gasteiger partial charge in [-0.2, -0.15) is 0 Å². The Balaban J connectivity index is 2.18. The molecule has 0 N–H and O–H groups in total. The Hall–Kier alpha value is -1.12. The van der Waals surface area contributed by atoms with Gasteiger partial charge in [0, 0.05) is 13.0 Å². The standard InChI is InChI=1S/C13H21NO2/c1-2-3-4-5-6-9-13(16)14-10-7-8-12(14)11-15/h2,11-12H,1,3-10H2/t12-/m0/s1. The summed E-state index contributed by atoms with van der Waals surface area (Å²) in [5, 5.41) is 0. The van der Waals surface area contributed by atoms with Gasteiger partial charge >= 0.3 is 0 Å². The molecule has 1 fully saturated rings. The Morgan fingerprint density at radius 2 is 2.19 bits per heavy atom. The van der Waals surface area contributed by atoms with E-state index in [1.807, 2.05) is 6.08 Å². The second-order valence-corrected chi connectivity index (χ2v) is 4.32. The average Bonchev–Trinajstić information content (AvgIpc) is 2.76. The summed E-state index contributed by atoms with van der Waals surface area (Å²) in [6, 6.07) is -0.152. The third-order valence-corrected chi connectivity index (χ3v) is 3.08. The number of nitrogens with zero attached hydrogens (tertiary/aromatic N) is 1. The summed E-state index contributed by atoms with van der Waals surface area (Å²) in [4.78, 5) is 24.3. The van der Waals surface area contributed by atoms with E-state index in [-0.39, 0.29) is 11.9 Å². The van der Waals surface area contributed by atoms with E-state index >= 15 is 0 Å². The molecule has 0 bridgehead atoms. The number of aldehydes is 1. The van der Waals surface area contributed by atoms with Gasteiger partial charge in [0.2, 0.25) is 5.91 Å². The van der Waals surface area contributed by atoms with Crippen molar-refractivity contribution in [2.45, 2.75) is 51.0 Å². The minimum Gasteiger partial charge on any atom is -0.333 e. The van der Waals surface area contributed by atoms with E-state index in [0.29, 0.717) is 6.42 Å². The summed E-state index contributed by atoms with van der Waals surface area (Å²) in [6.07, 6.45) is 9.32. The lowest BCUT2D eigenvalue weighted by Crippen LogP contribution is -2.36. The van der Waals surface area contributed by atoms with Crippen LogP contribution in [0.5, 0.6) is 0 Å². The molecule has 90 valence electrons. The first-order valence-electron chi connectivity index (χ1n) is 6.15. The minimum absolute atomic E-state index is 0.146. The van der Waals surface area contributed by atoms with Crippen molar-refractivity contribution in [3.63, 3.8) is 0 Å². The Morgan fingerprint density at radius 1 is 1.38 bits per heavy atom. The topological polar surface area (TPSA) is 37.4 Å². The van der Waals surface area contributed by atoms with Crippen molar-refractivity contribution in [2.24, 2.45) is 0 Å². The fraction of sp³-hybridized carbons (Fsp3) is 0.692. The first-order chi connectivity index (χ1) is 7.79. The number of hydrogen-bond donors (Lipinski definition) is 0. The molecule has 0 radical (unpaired) electrons. The fourth-order valence-electron chi connectivity index (χ4n) is 2.13. The molecule has 1 rings (SSSR count). The number of likely N-dealkylation sites (tertiary alicyclic amines) is 1. The van der Waals surface area contributed by atoms with Crippen LogP contribution in [0.1, 0.15) is 44.9 Å². The van der Waals surface area contributed by atoms with E-state index in [0.717, 1.165) is 51.4 Å². The predicted molar refractivity (Wildman–Crippen MR) is 64.1 cm³/mol. The predicted octanol–water partition coefficient (Wildman–Crippen LogP) is 2.31. The van der Waals surface area contributed by atoms with Crippen molar-refractivity contribution in [1.29, 1.82) is 0 Å². The molecular weight excluding hydrogens is 202 g/mol. The molecule has 1 atom stereocenters. The molecule has 1 aliphatic rings. The van der Waals surface area contributed by atoms with Gasteiger partial charge in [0.15, 0.2) is 0 Å². The largest absolute Gasteiger partial charge is 0.333 e. The van der Waals surface area contributed by atoms with Crippen LogP contribution >= 0.6 is 0 Å². The van der Waals surface area contributed by atoms with Crippen LogP contribution in [-0.2, 0) is 9.59 Å². The normalized spacial score (nSPS) is 19.8. The van der Waals surface area contributed by atoms with Crippen molar-refractivity contribution in [2.75, 3.05) is 6.54 Å². The van der Waals surface area contributed by atoms with Crippen LogP contribution < -0.4 is 0 Å². The van der Waals surface area contributed by atoms with Gasteiger partial charge in [-0.15, -0.1) is 6.58 Å². The molecule has 1 aliphatic heterocycles. The number of unbranched alkanes of at least 4 members (excludes halogenated alkanes) is 3. The van der Waals surface area contributed by atoms with Crippen LogP contribution in [0.15, 0.2) is 12.7 Å². The van der Waals surface area contributed by atoms with Crippen LogP contribution in [0.3, 0.4) is 0 Å². The lowest BCUT2D eigenvalue weighted by atomic mass is 10.1. The Morgan fingerprint density at radius 3 is 2.88 bits per heavy atom. The number of rotatable bonds is 7. The maximum atomic E-state index is 11.8. The highest BCUT2D eigenvalue weighted by atomic mass is 16.2. The van der Waals surface area contributed by atoms with E-state index in [1.165, 1.54) is 0 Å². The SMILES string of the molecule is C=CCCCCCC(=O)N1CCC[C@H]1C=O. The summed E-state index contributed by atoms with van der Waals surface area (Å²) in [5.74, 6) is 0.146. The monoisotopic (exact) mass is 223 g/mol. The molecule has 0 aliphatic carbocycles. The first kappa shape index (κ1) is 12.9. The molecule has 0 unspecified atom stereocenters. The van der Waals surface area contributed by atoms with Crippen molar-refractivity contribution in [1.82, 2.24) is 4.90 Å². The Labute approximate surface area is 97.5 Å². The van der Waals surface area contributed by atoms with E-state index < -0.39 is 0 Å². The van der Waals surface area contributed by atoms with Gasteiger partial charge in [0.1, 0.15) is 6.29 Å². The molecule has 1 amide bonds. The molecule has 1 saturated heterocycles. The second kappa shape index (κ2) is 7.20. The lowest BCUT2D eigenvalue weighted by Gasteiger charge is -2.20. The average molecular weight is 223 g/mol. The maximum absolute atomic E-state index is 11.8. The number of carbonyl (C=O) groups excluding carboxylic acids is 2. The highest BCUT2D eigenvalue weighted by Crippen LogP contribution is 2.17. The van der Waals surface area contributed by atoms with Crippen LogP contribution in [0.25, 0.3) is 0 Å². The van der Waals surface area contributed by atoms with Crippen LogP contribution in [0.4, 0.5) is 0 Å². The third kappa shape index (κ3) is 3.80. The highest BCUT2D eigenvalue weighted by molar-refractivity contribution is 5.80. The fourth-order valence-corrected chi connectivity index (χ4v) is 2.13. The van der Waals surface area contributed by atoms with Crippen molar-refractivity contribution < 1.29 is 9.59 Å². The number of amides is 1.